The molecule has 1 rings (SSSR count). The molecule has 2 nitrogen and oxygen atoms in total. The van der Waals surface area contributed by atoms with Crippen LogP contribution in [0.1, 0.15) is 46.1 Å². The van der Waals surface area contributed by atoms with Gasteiger partial charge in [-0.1, -0.05) is 64.4 Å². The Morgan fingerprint density at radius 3 is 2.35 bits per heavy atom. The molecular weight excluding hydrogens is 244 g/mol. The Morgan fingerprint density at radius 1 is 1.10 bits per heavy atom. The van der Waals surface area contributed by atoms with Gasteiger partial charge in [-0.05, 0) is 30.5 Å². The van der Waals surface area contributed by atoms with Gasteiger partial charge in [0.15, 0.2) is 0 Å². The minimum Gasteiger partial charge on any atom is -0.316 e. The summed E-state index contributed by atoms with van der Waals surface area (Å²) in [6, 6.07) is 10.8. The van der Waals surface area contributed by atoms with E-state index >= 15 is 0 Å². The molecule has 0 fully saturated rings. The Hall–Kier alpha value is -0.860. The van der Waals surface area contributed by atoms with Crippen LogP contribution in [0.2, 0.25) is 0 Å². The van der Waals surface area contributed by atoms with Crippen LogP contribution < -0.4 is 5.32 Å². The third kappa shape index (κ3) is 6.06. The molecule has 2 heteroatoms. The van der Waals surface area contributed by atoms with E-state index in [2.05, 4.69) is 68.2 Å². The predicted molar refractivity (Wildman–Crippen MR) is 89.0 cm³/mol. The Bertz CT molecular complexity index is 350. The van der Waals surface area contributed by atoms with Gasteiger partial charge in [0.1, 0.15) is 0 Å². The second-order valence-corrected chi connectivity index (χ2v) is 6.13. The van der Waals surface area contributed by atoms with E-state index in [4.69, 9.17) is 0 Å². The maximum Gasteiger partial charge on any atom is 0.0233 e. The van der Waals surface area contributed by atoms with E-state index in [1.54, 1.807) is 0 Å². The molecule has 0 heterocycles. The van der Waals surface area contributed by atoms with E-state index in [9.17, 15) is 0 Å². The highest BCUT2D eigenvalue weighted by Crippen LogP contribution is 2.24. The first-order valence-electron chi connectivity index (χ1n) is 8.10. The number of rotatable bonds is 10. The SMILES string of the molecule is CCCC(C)(CNCC)CN(CC)Cc1ccccc1. The van der Waals surface area contributed by atoms with Gasteiger partial charge in [-0.3, -0.25) is 4.90 Å². The van der Waals surface area contributed by atoms with Gasteiger partial charge in [0.2, 0.25) is 0 Å². The van der Waals surface area contributed by atoms with Gasteiger partial charge in [0.05, 0.1) is 0 Å². The summed E-state index contributed by atoms with van der Waals surface area (Å²) in [5, 5.41) is 3.54. The zero-order valence-electron chi connectivity index (χ0n) is 13.8. The third-order valence-corrected chi connectivity index (χ3v) is 3.96. The van der Waals surface area contributed by atoms with Crippen molar-refractivity contribution in [2.75, 3.05) is 26.2 Å². The van der Waals surface area contributed by atoms with Crippen molar-refractivity contribution < 1.29 is 0 Å². The molecule has 0 saturated heterocycles. The number of hydrogen-bond donors (Lipinski definition) is 1. The van der Waals surface area contributed by atoms with Crippen molar-refractivity contribution in [1.82, 2.24) is 10.2 Å². The molecule has 0 spiro atoms. The number of hydrogen-bond acceptors (Lipinski definition) is 2. The fraction of sp³-hybridized carbons (Fsp3) is 0.667. The van der Waals surface area contributed by atoms with E-state index in [1.807, 2.05) is 0 Å². The molecule has 1 aromatic rings. The summed E-state index contributed by atoms with van der Waals surface area (Å²) in [5.74, 6) is 0. The highest BCUT2D eigenvalue weighted by atomic mass is 15.1. The van der Waals surface area contributed by atoms with Gasteiger partial charge in [-0.2, -0.15) is 0 Å². The van der Waals surface area contributed by atoms with Gasteiger partial charge >= 0.3 is 0 Å². The topological polar surface area (TPSA) is 15.3 Å². The second kappa shape index (κ2) is 9.15. The average Bonchev–Trinajstić information content (AvgIpc) is 2.46. The van der Waals surface area contributed by atoms with Crippen LogP contribution in [0.4, 0.5) is 0 Å². The molecule has 0 bridgehead atoms. The number of nitrogens with zero attached hydrogens (tertiary/aromatic N) is 1. The van der Waals surface area contributed by atoms with Crippen molar-refractivity contribution in [2.24, 2.45) is 5.41 Å². The zero-order valence-corrected chi connectivity index (χ0v) is 13.8. The van der Waals surface area contributed by atoms with Crippen LogP contribution in [-0.4, -0.2) is 31.1 Å². The second-order valence-electron chi connectivity index (χ2n) is 6.13. The van der Waals surface area contributed by atoms with E-state index < -0.39 is 0 Å². The minimum atomic E-state index is 0.371. The van der Waals surface area contributed by atoms with Crippen molar-refractivity contribution in [1.29, 1.82) is 0 Å². The standard InChI is InChI=1S/C18H32N2/c1-5-13-18(4,15-19-6-2)16-20(7-3)14-17-11-9-8-10-12-17/h8-12,19H,5-7,13-16H2,1-4H3. The molecule has 1 aromatic carbocycles. The van der Waals surface area contributed by atoms with Gasteiger partial charge in [0.25, 0.3) is 0 Å². The lowest BCUT2D eigenvalue weighted by molar-refractivity contribution is 0.149. The smallest absolute Gasteiger partial charge is 0.0233 e. The van der Waals surface area contributed by atoms with Crippen LogP contribution in [0.15, 0.2) is 30.3 Å². The summed E-state index contributed by atoms with van der Waals surface area (Å²) in [6.07, 6.45) is 2.54. The molecule has 0 amide bonds. The molecule has 114 valence electrons. The first-order valence-corrected chi connectivity index (χ1v) is 8.10. The first kappa shape index (κ1) is 17.2. The Morgan fingerprint density at radius 2 is 1.80 bits per heavy atom. The summed E-state index contributed by atoms with van der Waals surface area (Å²) in [5.41, 5.74) is 1.78. The highest BCUT2D eigenvalue weighted by Gasteiger charge is 2.25. The quantitative estimate of drug-likeness (QED) is 0.696. The predicted octanol–water partition coefficient (Wildman–Crippen LogP) is 3.92. The molecule has 0 aliphatic carbocycles. The van der Waals surface area contributed by atoms with Crippen LogP contribution >= 0.6 is 0 Å². The number of nitrogens with one attached hydrogen (secondary N) is 1. The van der Waals surface area contributed by atoms with Gasteiger partial charge in [0, 0.05) is 19.6 Å². The minimum absolute atomic E-state index is 0.371. The van der Waals surface area contributed by atoms with E-state index in [0.29, 0.717) is 5.41 Å². The molecule has 0 saturated carbocycles. The van der Waals surface area contributed by atoms with Crippen molar-refractivity contribution in [3.63, 3.8) is 0 Å². The van der Waals surface area contributed by atoms with E-state index in [1.165, 1.54) is 24.9 Å². The normalized spacial score (nSPS) is 14.4. The summed E-state index contributed by atoms with van der Waals surface area (Å²) in [7, 11) is 0. The molecule has 1 atom stereocenters. The van der Waals surface area contributed by atoms with Crippen LogP contribution in [-0.2, 0) is 6.54 Å². The molecule has 20 heavy (non-hydrogen) atoms. The highest BCUT2D eigenvalue weighted by molar-refractivity contribution is 5.14. The van der Waals surface area contributed by atoms with Crippen molar-refractivity contribution in [3.8, 4) is 0 Å². The van der Waals surface area contributed by atoms with E-state index in [0.717, 1.165) is 26.2 Å². The zero-order chi connectivity index (χ0) is 14.8. The van der Waals surface area contributed by atoms with Crippen molar-refractivity contribution >= 4 is 0 Å². The Kier molecular flexibility index (Phi) is 7.86. The summed E-state index contributed by atoms with van der Waals surface area (Å²) in [4.78, 5) is 2.57. The van der Waals surface area contributed by atoms with Gasteiger partial charge in [-0.25, -0.2) is 0 Å². The summed E-state index contributed by atoms with van der Waals surface area (Å²) < 4.78 is 0. The maximum absolute atomic E-state index is 3.54. The maximum atomic E-state index is 3.54. The number of benzene rings is 1. The fourth-order valence-electron chi connectivity index (χ4n) is 2.91. The van der Waals surface area contributed by atoms with Crippen molar-refractivity contribution in [2.45, 2.75) is 47.1 Å². The van der Waals surface area contributed by atoms with Gasteiger partial charge < -0.3 is 5.32 Å². The molecule has 0 radical (unpaired) electrons. The molecule has 1 N–H and O–H groups in total. The van der Waals surface area contributed by atoms with Crippen LogP contribution in [0.5, 0.6) is 0 Å². The van der Waals surface area contributed by atoms with Crippen LogP contribution in [0.3, 0.4) is 0 Å². The van der Waals surface area contributed by atoms with Crippen LogP contribution in [0.25, 0.3) is 0 Å². The molecular formula is C18H32N2. The largest absolute Gasteiger partial charge is 0.316 e. The molecule has 0 aliphatic heterocycles. The van der Waals surface area contributed by atoms with Crippen molar-refractivity contribution in [3.05, 3.63) is 35.9 Å². The average molecular weight is 276 g/mol. The monoisotopic (exact) mass is 276 g/mol. The molecule has 1 unspecified atom stereocenters. The van der Waals surface area contributed by atoms with Gasteiger partial charge in [-0.15, -0.1) is 0 Å². The van der Waals surface area contributed by atoms with Crippen LogP contribution in [0, 0.1) is 5.41 Å². The Balaban J connectivity index is 2.63. The fourth-order valence-corrected chi connectivity index (χ4v) is 2.91. The summed E-state index contributed by atoms with van der Waals surface area (Å²) >= 11 is 0. The third-order valence-electron chi connectivity index (χ3n) is 3.96. The molecule has 0 aromatic heterocycles. The lowest BCUT2D eigenvalue weighted by atomic mass is 9.84. The molecule has 0 aliphatic rings. The lowest BCUT2D eigenvalue weighted by Crippen LogP contribution is -2.42. The van der Waals surface area contributed by atoms with E-state index in [-0.39, 0.29) is 0 Å². The lowest BCUT2D eigenvalue weighted by Gasteiger charge is -2.35. The Labute approximate surface area is 125 Å². The first-order chi connectivity index (χ1) is 9.63. The summed E-state index contributed by atoms with van der Waals surface area (Å²) in [6.45, 7) is 14.7.